The standard InChI is InChI=1S/C16H19N3O2/c1-12-15(8-9-16(21)17-10-11-20)13(2)19(18-12)14-6-4-3-5-7-14/h3-9,20H,10-11H2,1-2H3,(H,17,21)/b9-8+. The maximum Gasteiger partial charge on any atom is 0.244 e. The molecule has 0 spiro atoms. The topological polar surface area (TPSA) is 67.2 Å². The van der Waals surface area contributed by atoms with Crippen LogP contribution in [-0.4, -0.2) is 33.9 Å². The molecule has 2 N–H and O–H groups in total. The molecule has 2 aromatic rings. The fourth-order valence-corrected chi connectivity index (χ4v) is 2.11. The summed E-state index contributed by atoms with van der Waals surface area (Å²) in [6, 6.07) is 9.86. The van der Waals surface area contributed by atoms with Crippen LogP contribution in [0.5, 0.6) is 0 Å². The number of hydrogen-bond acceptors (Lipinski definition) is 3. The van der Waals surface area contributed by atoms with Gasteiger partial charge in [0.1, 0.15) is 0 Å². The Hall–Kier alpha value is -2.40. The van der Waals surface area contributed by atoms with Crippen molar-refractivity contribution in [2.75, 3.05) is 13.2 Å². The summed E-state index contributed by atoms with van der Waals surface area (Å²) in [5.41, 5.74) is 3.76. The average molecular weight is 285 g/mol. The van der Waals surface area contributed by atoms with Crippen LogP contribution in [-0.2, 0) is 4.79 Å². The number of para-hydroxylation sites is 1. The van der Waals surface area contributed by atoms with E-state index >= 15 is 0 Å². The van der Waals surface area contributed by atoms with E-state index in [1.807, 2.05) is 48.9 Å². The highest BCUT2D eigenvalue weighted by Crippen LogP contribution is 2.18. The zero-order valence-electron chi connectivity index (χ0n) is 12.2. The Morgan fingerprint density at radius 3 is 2.71 bits per heavy atom. The third-order valence-electron chi connectivity index (χ3n) is 3.16. The van der Waals surface area contributed by atoms with Crippen molar-refractivity contribution in [2.45, 2.75) is 13.8 Å². The van der Waals surface area contributed by atoms with Crippen LogP contribution < -0.4 is 5.32 Å². The molecule has 0 aliphatic carbocycles. The normalized spacial score (nSPS) is 11.0. The first-order valence-electron chi connectivity index (χ1n) is 6.82. The second-order valence-corrected chi connectivity index (χ2v) is 4.68. The van der Waals surface area contributed by atoms with Gasteiger partial charge in [-0.1, -0.05) is 18.2 Å². The van der Waals surface area contributed by atoms with Crippen molar-refractivity contribution in [1.29, 1.82) is 0 Å². The van der Waals surface area contributed by atoms with Crippen molar-refractivity contribution in [3.05, 3.63) is 53.4 Å². The van der Waals surface area contributed by atoms with Gasteiger partial charge in [-0.05, 0) is 32.1 Å². The van der Waals surface area contributed by atoms with E-state index in [1.54, 1.807) is 6.08 Å². The number of aliphatic hydroxyl groups excluding tert-OH is 1. The zero-order valence-corrected chi connectivity index (χ0v) is 12.2. The monoisotopic (exact) mass is 285 g/mol. The molecule has 110 valence electrons. The van der Waals surface area contributed by atoms with Gasteiger partial charge in [0.2, 0.25) is 5.91 Å². The smallest absolute Gasteiger partial charge is 0.244 e. The van der Waals surface area contributed by atoms with E-state index in [2.05, 4.69) is 10.4 Å². The van der Waals surface area contributed by atoms with Crippen LogP contribution in [0.15, 0.2) is 36.4 Å². The van der Waals surface area contributed by atoms with Crippen LogP contribution in [0.3, 0.4) is 0 Å². The molecule has 1 heterocycles. The third kappa shape index (κ3) is 3.58. The predicted octanol–water partition coefficient (Wildman–Crippen LogP) is 1.61. The highest BCUT2D eigenvalue weighted by atomic mass is 16.3. The molecule has 0 fully saturated rings. The Morgan fingerprint density at radius 2 is 2.05 bits per heavy atom. The van der Waals surface area contributed by atoms with E-state index in [-0.39, 0.29) is 19.1 Å². The Labute approximate surface area is 123 Å². The third-order valence-corrected chi connectivity index (χ3v) is 3.16. The molecule has 1 amide bonds. The average Bonchev–Trinajstić information content (AvgIpc) is 2.79. The van der Waals surface area contributed by atoms with Crippen molar-refractivity contribution in [3.8, 4) is 5.69 Å². The van der Waals surface area contributed by atoms with Crippen molar-refractivity contribution in [3.63, 3.8) is 0 Å². The Balaban J connectivity index is 2.24. The van der Waals surface area contributed by atoms with Gasteiger partial charge in [-0.15, -0.1) is 0 Å². The largest absolute Gasteiger partial charge is 0.395 e. The minimum Gasteiger partial charge on any atom is -0.395 e. The predicted molar refractivity (Wildman–Crippen MR) is 82.2 cm³/mol. The molecular weight excluding hydrogens is 266 g/mol. The lowest BCUT2D eigenvalue weighted by Crippen LogP contribution is -2.24. The molecule has 5 nitrogen and oxygen atoms in total. The van der Waals surface area contributed by atoms with Crippen molar-refractivity contribution >= 4 is 12.0 Å². The number of aromatic nitrogens is 2. The number of carbonyl (C=O) groups excluding carboxylic acids is 1. The first-order chi connectivity index (χ1) is 10.1. The van der Waals surface area contributed by atoms with Crippen LogP contribution in [0, 0.1) is 13.8 Å². The fraction of sp³-hybridized carbons (Fsp3) is 0.250. The summed E-state index contributed by atoms with van der Waals surface area (Å²) < 4.78 is 1.86. The van der Waals surface area contributed by atoms with E-state index in [0.717, 1.165) is 22.6 Å². The lowest BCUT2D eigenvalue weighted by molar-refractivity contribution is -0.116. The second kappa shape index (κ2) is 6.85. The number of aliphatic hydroxyl groups is 1. The molecule has 21 heavy (non-hydrogen) atoms. The number of carbonyl (C=O) groups is 1. The van der Waals surface area contributed by atoms with Gasteiger partial charge in [-0.25, -0.2) is 4.68 Å². The maximum absolute atomic E-state index is 11.5. The van der Waals surface area contributed by atoms with Crippen molar-refractivity contribution in [2.24, 2.45) is 0 Å². The number of benzene rings is 1. The Morgan fingerprint density at radius 1 is 1.33 bits per heavy atom. The second-order valence-electron chi connectivity index (χ2n) is 4.68. The number of amides is 1. The van der Waals surface area contributed by atoms with Gasteiger partial charge >= 0.3 is 0 Å². The molecule has 1 aromatic carbocycles. The number of hydrogen-bond donors (Lipinski definition) is 2. The first kappa shape index (κ1) is 15.0. The lowest BCUT2D eigenvalue weighted by atomic mass is 10.2. The molecule has 0 aliphatic rings. The first-order valence-corrected chi connectivity index (χ1v) is 6.82. The minimum atomic E-state index is -0.227. The van der Waals surface area contributed by atoms with Gasteiger partial charge in [0.05, 0.1) is 18.0 Å². The van der Waals surface area contributed by atoms with Crippen molar-refractivity contribution in [1.82, 2.24) is 15.1 Å². The van der Waals surface area contributed by atoms with Gasteiger partial charge in [-0.2, -0.15) is 5.10 Å². The summed E-state index contributed by atoms with van der Waals surface area (Å²) in [7, 11) is 0. The van der Waals surface area contributed by atoms with Gasteiger partial charge in [0, 0.05) is 23.9 Å². The highest BCUT2D eigenvalue weighted by molar-refractivity contribution is 5.92. The van der Waals surface area contributed by atoms with E-state index in [4.69, 9.17) is 5.11 Å². The van der Waals surface area contributed by atoms with Gasteiger partial charge in [-0.3, -0.25) is 4.79 Å². The summed E-state index contributed by atoms with van der Waals surface area (Å²) in [5, 5.41) is 15.8. The fourth-order valence-electron chi connectivity index (χ4n) is 2.11. The highest BCUT2D eigenvalue weighted by Gasteiger charge is 2.10. The van der Waals surface area contributed by atoms with Crippen LogP contribution >= 0.6 is 0 Å². The van der Waals surface area contributed by atoms with Crippen molar-refractivity contribution < 1.29 is 9.90 Å². The molecule has 0 radical (unpaired) electrons. The summed E-state index contributed by atoms with van der Waals surface area (Å²) in [4.78, 5) is 11.5. The van der Waals surface area contributed by atoms with E-state index < -0.39 is 0 Å². The quantitative estimate of drug-likeness (QED) is 0.820. The SMILES string of the molecule is Cc1nn(-c2ccccc2)c(C)c1/C=C/C(=O)NCCO. The van der Waals surface area contributed by atoms with Gasteiger partial charge in [0.15, 0.2) is 0 Å². The zero-order chi connectivity index (χ0) is 15.2. The molecule has 1 aromatic heterocycles. The Kier molecular flexibility index (Phi) is 4.90. The molecule has 0 saturated carbocycles. The Bertz CT molecular complexity index is 645. The number of nitrogens with zero attached hydrogens (tertiary/aromatic N) is 2. The molecule has 0 atom stereocenters. The number of nitrogens with one attached hydrogen (secondary N) is 1. The maximum atomic E-state index is 11.5. The van der Waals surface area contributed by atoms with Crippen LogP contribution in [0.25, 0.3) is 11.8 Å². The van der Waals surface area contributed by atoms with Crippen LogP contribution in [0.2, 0.25) is 0 Å². The molecule has 0 unspecified atom stereocenters. The summed E-state index contributed by atoms with van der Waals surface area (Å²) in [5.74, 6) is -0.227. The van der Waals surface area contributed by atoms with Crippen LogP contribution in [0.4, 0.5) is 0 Å². The van der Waals surface area contributed by atoms with E-state index in [0.29, 0.717) is 0 Å². The molecule has 2 rings (SSSR count). The summed E-state index contributed by atoms with van der Waals surface area (Å²) >= 11 is 0. The molecule has 0 aliphatic heterocycles. The number of aryl methyl sites for hydroxylation is 1. The molecule has 0 saturated heterocycles. The molecule has 5 heteroatoms. The van der Waals surface area contributed by atoms with Gasteiger partial charge < -0.3 is 10.4 Å². The number of rotatable bonds is 5. The van der Waals surface area contributed by atoms with Crippen LogP contribution in [0.1, 0.15) is 17.0 Å². The summed E-state index contributed by atoms with van der Waals surface area (Å²) in [6.45, 7) is 4.07. The van der Waals surface area contributed by atoms with Gasteiger partial charge in [0.25, 0.3) is 0 Å². The van der Waals surface area contributed by atoms with E-state index in [1.165, 1.54) is 6.08 Å². The summed E-state index contributed by atoms with van der Waals surface area (Å²) in [6.07, 6.45) is 3.21. The minimum absolute atomic E-state index is 0.0659. The molecule has 0 bridgehead atoms. The van der Waals surface area contributed by atoms with E-state index in [9.17, 15) is 4.79 Å². The molecular formula is C16H19N3O2. The lowest BCUT2D eigenvalue weighted by Gasteiger charge is -2.03.